The summed E-state index contributed by atoms with van der Waals surface area (Å²) in [7, 11) is 0. The fourth-order valence-corrected chi connectivity index (χ4v) is 2.52. The van der Waals surface area contributed by atoms with E-state index >= 15 is 0 Å². The summed E-state index contributed by atoms with van der Waals surface area (Å²) in [5.41, 5.74) is 5.94. The molecule has 0 saturated carbocycles. The van der Waals surface area contributed by atoms with Crippen LogP contribution >= 0.6 is 11.6 Å². The third-order valence-corrected chi connectivity index (χ3v) is 4.16. The van der Waals surface area contributed by atoms with Crippen molar-refractivity contribution in [1.82, 2.24) is 0 Å². The molecular formula is C15H18ClNO2. The van der Waals surface area contributed by atoms with Crippen LogP contribution in [0, 0.1) is 5.41 Å². The fraction of sp³-hybridized carbons (Fsp3) is 0.400. The van der Waals surface area contributed by atoms with E-state index in [1.54, 1.807) is 24.3 Å². The Morgan fingerprint density at radius 1 is 1.32 bits per heavy atom. The molecule has 1 heterocycles. The van der Waals surface area contributed by atoms with Gasteiger partial charge in [-0.15, -0.1) is 0 Å². The molecule has 1 aromatic carbocycles. The minimum atomic E-state index is -0.530. The Labute approximate surface area is 117 Å². The van der Waals surface area contributed by atoms with Gasteiger partial charge in [0.15, 0.2) is 5.76 Å². The molecule has 2 rings (SSSR count). The summed E-state index contributed by atoms with van der Waals surface area (Å²) in [5, 5.41) is 1.47. The molecule has 19 heavy (non-hydrogen) atoms. The van der Waals surface area contributed by atoms with E-state index in [1.807, 2.05) is 13.8 Å². The number of furan rings is 1. The molecule has 0 aliphatic rings. The third kappa shape index (κ3) is 2.40. The van der Waals surface area contributed by atoms with Crippen molar-refractivity contribution in [3.8, 4) is 0 Å². The highest BCUT2D eigenvalue weighted by atomic mass is 35.5. The minimum Gasteiger partial charge on any atom is -0.453 e. The topological polar surface area (TPSA) is 56.2 Å². The van der Waals surface area contributed by atoms with Gasteiger partial charge in [0.1, 0.15) is 5.58 Å². The first-order valence-electron chi connectivity index (χ1n) is 6.50. The molecule has 2 aromatic rings. The number of nitrogens with two attached hydrogens (primary N) is 1. The number of hydrogen-bond acceptors (Lipinski definition) is 3. The molecule has 0 amide bonds. The van der Waals surface area contributed by atoms with Crippen molar-refractivity contribution in [3.05, 3.63) is 35.0 Å². The van der Waals surface area contributed by atoms with Gasteiger partial charge >= 0.3 is 0 Å². The Kier molecular flexibility index (Phi) is 3.97. The number of carbonyl (C=O) groups is 1. The maximum Gasteiger partial charge on any atom is 0.205 e. The number of rotatable bonds is 5. The molecule has 102 valence electrons. The van der Waals surface area contributed by atoms with Gasteiger partial charge in [0.25, 0.3) is 0 Å². The molecule has 0 bridgehead atoms. The van der Waals surface area contributed by atoms with E-state index in [0.29, 0.717) is 35.8 Å². The van der Waals surface area contributed by atoms with Gasteiger partial charge in [-0.05, 0) is 37.1 Å². The van der Waals surface area contributed by atoms with Crippen LogP contribution in [-0.2, 0) is 0 Å². The number of halogens is 1. The Hall–Kier alpha value is -1.32. The summed E-state index contributed by atoms with van der Waals surface area (Å²) < 4.78 is 5.63. The van der Waals surface area contributed by atoms with E-state index in [2.05, 4.69) is 0 Å². The Bertz CT molecular complexity index is 591. The molecule has 0 aliphatic carbocycles. The average molecular weight is 280 g/mol. The number of ketones is 1. The van der Waals surface area contributed by atoms with Crippen LogP contribution < -0.4 is 5.73 Å². The molecule has 0 saturated heterocycles. The lowest BCUT2D eigenvalue weighted by Crippen LogP contribution is -2.37. The molecule has 3 nitrogen and oxygen atoms in total. The second-order valence-corrected chi connectivity index (χ2v) is 5.25. The van der Waals surface area contributed by atoms with E-state index in [4.69, 9.17) is 21.8 Å². The molecule has 0 atom stereocenters. The Morgan fingerprint density at radius 2 is 2.00 bits per heavy atom. The first kappa shape index (κ1) is 14.1. The minimum absolute atomic E-state index is 0.0210. The summed E-state index contributed by atoms with van der Waals surface area (Å²) in [6, 6.07) is 7.06. The lowest BCUT2D eigenvalue weighted by Gasteiger charge is -2.26. The smallest absolute Gasteiger partial charge is 0.205 e. The van der Waals surface area contributed by atoms with Gasteiger partial charge in [-0.3, -0.25) is 4.79 Å². The predicted molar refractivity (Wildman–Crippen MR) is 77.6 cm³/mol. The number of benzene rings is 1. The standard InChI is InChI=1S/C15H18ClNO2/c1-3-15(4-2,9-17)14(18)13-8-10-7-11(16)5-6-12(10)19-13/h5-8H,3-4,9,17H2,1-2H3. The van der Waals surface area contributed by atoms with Crippen molar-refractivity contribution < 1.29 is 9.21 Å². The van der Waals surface area contributed by atoms with Crippen LogP contribution in [0.1, 0.15) is 37.2 Å². The second kappa shape index (κ2) is 5.35. The van der Waals surface area contributed by atoms with Crippen LogP contribution in [0.25, 0.3) is 11.0 Å². The predicted octanol–water partition coefficient (Wildman–Crippen LogP) is 4.03. The quantitative estimate of drug-likeness (QED) is 0.841. The highest BCUT2D eigenvalue weighted by Gasteiger charge is 2.36. The van der Waals surface area contributed by atoms with E-state index in [1.165, 1.54) is 0 Å². The van der Waals surface area contributed by atoms with Gasteiger partial charge in [0.2, 0.25) is 5.78 Å². The van der Waals surface area contributed by atoms with Crippen molar-refractivity contribution in [2.45, 2.75) is 26.7 Å². The summed E-state index contributed by atoms with van der Waals surface area (Å²) in [4.78, 5) is 12.6. The molecule has 0 aliphatic heterocycles. The summed E-state index contributed by atoms with van der Waals surface area (Å²) in [6.07, 6.45) is 1.41. The van der Waals surface area contributed by atoms with E-state index in [0.717, 1.165) is 5.39 Å². The lowest BCUT2D eigenvalue weighted by molar-refractivity contribution is 0.0759. The summed E-state index contributed by atoms with van der Waals surface area (Å²) >= 11 is 5.93. The van der Waals surface area contributed by atoms with Crippen LogP contribution in [0.5, 0.6) is 0 Å². The SMILES string of the molecule is CCC(CC)(CN)C(=O)c1cc2cc(Cl)ccc2o1. The first-order valence-corrected chi connectivity index (χ1v) is 6.88. The monoisotopic (exact) mass is 279 g/mol. The molecular weight excluding hydrogens is 262 g/mol. The molecule has 0 radical (unpaired) electrons. The summed E-state index contributed by atoms with van der Waals surface area (Å²) in [5.74, 6) is 0.346. The number of hydrogen-bond donors (Lipinski definition) is 1. The molecule has 0 fully saturated rings. The van der Waals surface area contributed by atoms with Crippen LogP contribution in [0.2, 0.25) is 5.02 Å². The Balaban J connectivity index is 2.46. The number of fused-ring (bicyclic) bond motifs is 1. The van der Waals surface area contributed by atoms with Gasteiger partial charge in [-0.25, -0.2) is 0 Å². The van der Waals surface area contributed by atoms with Crippen LogP contribution in [0.15, 0.2) is 28.7 Å². The van der Waals surface area contributed by atoms with Gasteiger partial charge in [0.05, 0.1) is 0 Å². The maximum atomic E-state index is 12.6. The zero-order valence-electron chi connectivity index (χ0n) is 11.2. The van der Waals surface area contributed by atoms with E-state index in [9.17, 15) is 4.79 Å². The van der Waals surface area contributed by atoms with Gasteiger partial charge in [-0.1, -0.05) is 25.4 Å². The molecule has 4 heteroatoms. The third-order valence-electron chi connectivity index (χ3n) is 3.93. The van der Waals surface area contributed by atoms with Gasteiger partial charge < -0.3 is 10.2 Å². The van der Waals surface area contributed by atoms with Crippen molar-refractivity contribution in [2.75, 3.05) is 6.54 Å². The molecule has 2 N–H and O–H groups in total. The van der Waals surface area contributed by atoms with Crippen LogP contribution in [0.4, 0.5) is 0 Å². The first-order chi connectivity index (χ1) is 9.06. The van der Waals surface area contributed by atoms with E-state index in [-0.39, 0.29) is 5.78 Å². The normalized spacial score (nSPS) is 12.0. The molecule has 0 spiro atoms. The van der Waals surface area contributed by atoms with Crippen molar-refractivity contribution in [2.24, 2.45) is 11.1 Å². The largest absolute Gasteiger partial charge is 0.453 e. The Morgan fingerprint density at radius 3 is 2.58 bits per heavy atom. The van der Waals surface area contributed by atoms with Crippen LogP contribution in [0.3, 0.4) is 0 Å². The number of Topliss-reactive ketones (excluding diaryl/α,β-unsaturated/α-hetero) is 1. The fourth-order valence-electron chi connectivity index (χ4n) is 2.34. The van der Waals surface area contributed by atoms with E-state index < -0.39 is 5.41 Å². The number of carbonyl (C=O) groups excluding carboxylic acids is 1. The zero-order chi connectivity index (χ0) is 14.0. The maximum absolute atomic E-state index is 12.6. The molecule has 0 unspecified atom stereocenters. The van der Waals surface area contributed by atoms with Crippen molar-refractivity contribution in [1.29, 1.82) is 0 Å². The molecule has 1 aromatic heterocycles. The van der Waals surface area contributed by atoms with Crippen molar-refractivity contribution >= 4 is 28.4 Å². The van der Waals surface area contributed by atoms with Crippen LogP contribution in [-0.4, -0.2) is 12.3 Å². The highest BCUT2D eigenvalue weighted by Crippen LogP contribution is 2.32. The second-order valence-electron chi connectivity index (χ2n) is 4.81. The van der Waals surface area contributed by atoms with Crippen molar-refractivity contribution in [3.63, 3.8) is 0 Å². The van der Waals surface area contributed by atoms with Gasteiger partial charge in [0, 0.05) is 22.4 Å². The average Bonchev–Trinajstić information content (AvgIpc) is 2.84. The lowest BCUT2D eigenvalue weighted by atomic mass is 9.77. The zero-order valence-corrected chi connectivity index (χ0v) is 12.0. The van der Waals surface area contributed by atoms with Gasteiger partial charge in [-0.2, -0.15) is 0 Å². The highest BCUT2D eigenvalue weighted by molar-refractivity contribution is 6.31. The summed E-state index contributed by atoms with van der Waals surface area (Å²) in [6.45, 7) is 4.29.